The van der Waals surface area contributed by atoms with E-state index in [1.54, 1.807) is 7.05 Å². The molecular formula is C11H9ClF3N5OS. The van der Waals surface area contributed by atoms with Crippen LogP contribution in [0.4, 0.5) is 18.9 Å². The zero-order valence-corrected chi connectivity index (χ0v) is 12.6. The summed E-state index contributed by atoms with van der Waals surface area (Å²) in [5, 5.41) is 13.0. The van der Waals surface area contributed by atoms with Crippen LogP contribution in [-0.4, -0.2) is 31.9 Å². The van der Waals surface area contributed by atoms with Crippen LogP contribution in [0.25, 0.3) is 0 Å². The summed E-state index contributed by atoms with van der Waals surface area (Å²) in [6.07, 6.45) is -4.59. The highest BCUT2D eigenvalue weighted by atomic mass is 35.5. The first-order valence-corrected chi connectivity index (χ1v) is 7.15. The van der Waals surface area contributed by atoms with Crippen LogP contribution < -0.4 is 5.32 Å². The number of amides is 1. The molecule has 0 aliphatic rings. The Morgan fingerprint density at radius 3 is 2.77 bits per heavy atom. The van der Waals surface area contributed by atoms with E-state index in [2.05, 4.69) is 20.8 Å². The van der Waals surface area contributed by atoms with Crippen molar-refractivity contribution in [1.29, 1.82) is 0 Å². The van der Waals surface area contributed by atoms with E-state index in [9.17, 15) is 18.0 Å². The molecule has 0 fully saturated rings. The van der Waals surface area contributed by atoms with Crippen molar-refractivity contribution < 1.29 is 18.0 Å². The fourth-order valence-electron chi connectivity index (χ4n) is 1.49. The molecule has 1 heterocycles. The smallest absolute Gasteiger partial charge is 0.325 e. The first-order valence-electron chi connectivity index (χ1n) is 5.79. The Kier molecular flexibility index (Phi) is 4.91. The summed E-state index contributed by atoms with van der Waals surface area (Å²) >= 11 is 6.56. The molecule has 0 spiro atoms. The molecule has 0 bridgehead atoms. The minimum absolute atomic E-state index is 0.0124. The summed E-state index contributed by atoms with van der Waals surface area (Å²) in [7, 11) is 1.61. The van der Waals surface area contributed by atoms with Gasteiger partial charge in [0.25, 0.3) is 0 Å². The summed E-state index contributed by atoms with van der Waals surface area (Å²) in [4.78, 5) is 11.7. The highest BCUT2D eigenvalue weighted by molar-refractivity contribution is 7.99. The topological polar surface area (TPSA) is 72.7 Å². The predicted octanol–water partition coefficient (Wildman–Crippen LogP) is 2.61. The standard InChI is InChI=1S/C11H9ClF3N5OS/c1-20-10(17-18-19-20)22-5-9(21)16-6-2-3-8(12)7(4-6)11(13,14)15/h2-4H,5H2,1H3,(H,16,21). The fraction of sp³-hybridized carbons (Fsp3) is 0.273. The summed E-state index contributed by atoms with van der Waals surface area (Å²) in [6, 6.07) is 3.17. The van der Waals surface area contributed by atoms with Gasteiger partial charge in [0.15, 0.2) is 0 Å². The number of rotatable bonds is 4. The van der Waals surface area contributed by atoms with Crippen molar-refractivity contribution in [1.82, 2.24) is 20.2 Å². The lowest BCUT2D eigenvalue weighted by Gasteiger charge is -2.11. The van der Waals surface area contributed by atoms with Crippen LogP contribution in [0.1, 0.15) is 5.56 Å². The van der Waals surface area contributed by atoms with Gasteiger partial charge >= 0.3 is 6.18 Å². The number of hydrogen-bond acceptors (Lipinski definition) is 5. The summed E-state index contributed by atoms with van der Waals surface area (Å²) < 4.78 is 39.5. The predicted molar refractivity (Wildman–Crippen MR) is 74.6 cm³/mol. The Balaban J connectivity index is 2.01. The van der Waals surface area contributed by atoms with Gasteiger partial charge in [0.2, 0.25) is 11.1 Å². The van der Waals surface area contributed by atoms with Crippen molar-refractivity contribution in [3.63, 3.8) is 0 Å². The van der Waals surface area contributed by atoms with Crippen LogP contribution in [0.5, 0.6) is 0 Å². The molecule has 0 aliphatic heterocycles. The number of nitrogens with zero attached hydrogens (tertiary/aromatic N) is 4. The van der Waals surface area contributed by atoms with Gasteiger partial charge in [-0.05, 0) is 28.6 Å². The van der Waals surface area contributed by atoms with Gasteiger partial charge in [-0.3, -0.25) is 4.79 Å². The van der Waals surface area contributed by atoms with Crippen LogP contribution >= 0.6 is 23.4 Å². The highest BCUT2D eigenvalue weighted by Crippen LogP contribution is 2.36. The Bertz CT molecular complexity index is 691. The first-order chi connectivity index (χ1) is 10.3. The third kappa shape index (κ3) is 4.10. The molecule has 11 heteroatoms. The second-order valence-corrected chi connectivity index (χ2v) is 5.46. The highest BCUT2D eigenvalue weighted by Gasteiger charge is 2.33. The van der Waals surface area contributed by atoms with E-state index in [-0.39, 0.29) is 11.4 Å². The van der Waals surface area contributed by atoms with Crippen molar-refractivity contribution in [3.8, 4) is 0 Å². The number of carbonyl (C=O) groups excluding carboxylic acids is 1. The summed E-state index contributed by atoms with van der Waals surface area (Å²) in [5.74, 6) is -0.526. The molecule has 1 N–H and O–H groups in total. The van der Waals surface area contributed by atoms with Gasteiger partial charge in [-0.25, -0.2) is 4.68 Å². The summed E-state index contributed by atoms with van der Waals surface area (Å²) in [6.45, 7) is 0. The first kappa shape index (κ1) is 16.6. The second-order valence-electron chi connectivity index (χ2n) is 4.11. The Hall–Kier alpha value is -1.81. The fourth-order valence-corrected chi connectivity index (χ4v) is 2.37. The largest absolute Gasteiger partial charge is 0.417 e. The number of halogens is 4. The molecule has 0 atom stereocenters. The van der Waals surface area contributed by atoms with Crippen LogP contribution in [0, 0.1) is 0 Å². The molecule has 0 saturated carbocycles. The molecule has 2 rings (SSSR count). The van der Waals surface area contributed by atoms with Crippen molar-refractivity contribution in [2.45, 2.75) is 11.3 Å². The van der Waals surface area contributed by atoms with Crippen molar-refractivity contribution >= 4 is 35.0 Å². The van der Waals surface area contributed by atoms with E-state index in [1.165, 1.54) is 10.7 Å². The van der Waals surface area contributed by atoms with Gasteiger partial charge in [0.05, 0.1) is 16.3 Å². The number of tetrazole rings is 1. The molecule has 118 valence electrons. The van der Waals surface area contributed by atoms with Crippen LogP contribution in [0.15, 0.2) is 23.4 Å². The number of aromatic nitrogens is 4. The van der Waals surface area contributed by atoms with E-state index >= 15 is 0 Å². The minimum atomic E-state index is -4.59. The number of carbonyl (C=O) groups is 1. The number of benzene rings is 1. The van der Waals surface area contributed by atoms with Gasteiger partial charge in [-0.1, -0.05) is 23.4 Å². The van der Waals surface area contributed by atoms with Gasteiger partial charge in [-0.2, -0.15) is 13.2 Å². The second kappa shape index (κ2) is 6.53. The molecule has 0 unspecified atom stereocenters. The molecule has 22 heavy (non-hydrogen) atoms. The molecule has 0 saturated heterocycles. The number of nitrogens with one attached hydrogen (secondary N) is 1. The molecule has 1 amide bonds. The average Bonchev–Trinajstić information content (AvgIpc) is 2.83. The molecule has 0 radical (unpaired) electrons. The zero-order valence-electron chi connectivity index (χ0n) is 11.1. The molecule has 0 aliphatic carbocycles. The van der Waals surface area contributed by atoms with Gasteiger partial charge in [0, 0.05) is 12.7 Å². The maximum Gasteiger partial charge on any atom is 0.417 e. The van der Waals surface area contributed by atoms with Gasteiger partial charge < -0.3 is 5.32 Å². The Morgan fingerprint density at radius 2 is 2.18 bits per heavy atom. The van der Waals surface area contributed by atoms with E-state index in [4.69, 9.17) is 11.6 Å². The van der Waals surface area contributed by atoms with E-state index in [1.807, 2.05) is 0 Å². The quantitative estimate of drug-likeness (QED) is 0.857. The van der Waals surface area contributed by atoms with Crippen LogP contribution in [0.3, 0.4) is 0 Å². The zero-order chi connectivity index (χ0) is 16.3. The third-order valence-corrected chi connectivity index (χ3v) is 3.81. The molecule has 1 aromatic carbocycles. The van der Waals surface area contributed by atoms with Gasteiger partial charge in [0.1, 0.15) is 0 Å². The number of thioether (sulfide) groups is 1. The summed E-state index contributed by atoms with van der Waals surface area (Å²) in [5.41, 5.74) is -0.990. The monoisotopic (exact) mass is 351 g/mol. The normalized spacial score (nSPS) is 11.5. The average molecular weight is 352 g/mol. The van der Waals surface area contributed by atoms with Crippen molar-refractivity contribution in [2.75, 3.05) is 11.1 Å². The van der Waals surface area contributed by atoms with E-state index < -0.39 is 22.7 Å². The Labute approximate surface area is 132 Å². The number of hydrogen-bond donors (Lipinski definition) is 1. The minimum Gasteiger partial charge on any atom is -0.325 e. The molecule has 2 aromatic rings. The lowest BCUT2D eigenvalue weighted by Crippen LogP contribution is -2.15. The maximum atomic E-state index is 12.7. The van der Waals surface area contributed by atoms with Gasteiger partial charge in [-0.15, -0.1) is 5.10 Å². The lowest BCUT2D eigenvalue weighted by atomic mass is 10.2. The lowest BCUT2D eigenvalue weighted by molar-refractivity contribution is -0.137. The van der Waals surface area contributed by atoms with Crippen molar-refractivity contribution in [3.05, 3.63) is 28.8 Å². The number of anilines is 1. The molecule has 1 aromatic heterocycles. The number of alkyl halides is 3. The Morgan fingerprint density at radius 1 is 1.45 bits per heavy atom. The van der Waals surface area contributed by atoms with E-state index in [0.29, 0.717) is 5.16 Å². The van der Waals surface area contributed by atoms with Crippen molar-refractivity contribution in [2.24, 2.45) is 7.05 Å². The van der Waals surface area contributed by atoms with E-state index in [0.717, 1.165) is 23.9 Å². The SMILES string of the molecule is Cn1nnnc1SCC(=O)Nc1ccc(Cl)c(C(F)(F)F)c1. The maximum absolute atomic E-state index is 12.7. The van der Waals surface area contributed by atoms with Crippen LogP contribution in [-0.2, 0) is 18.0 Å². The molecular weight excluding hydrogens is 343 g/mol. The molecule has 6 nitrogen and oxygen atoms in total. The third-order valence-electron chi connectivity index (χ3n) is 2.47. The van der Waals surface area contributed by atoms with Crippen LogP contribution in [0.2, 0.25) is 5.02 Å². The number of aryl methyl sites for hydroxylation is 1.